The van der Waals surface area contributed by atoms with E-state index in [1.54, 1.807) is 35.8 Å². The van der Waals surface area contributed by atoms with Crippen molar-refractivity contribution in [1.29, 1.82) is 0 Å². The van der Waals surface area contributed by atoms with Crippen LogP contribution in [0.4, 0.5) is 0 Å². The zero-order valence-electron chi connectivity index (χ0n) is 19.2. The highest BCUT2D eigenvalue weighted by atomic mass is 35.5. The van der Waals surface area contributed by atoms with Crippen LogP contribution in [0.15, 0.2) is 94.2 Å². The van der Waals surface area contributed by atoms with Gasteiger partial charge in [-0.1, -0.05) is 107 Å². The molecule has 0 fully saturated rings. The second-order valence-corrected chi connectivity index (χ2v) is 9.78. The zero-order valence-corrected chi connectivity index (χ0v) is 21.5. The van der Waals surface area contributed by atoms with Gasteiger partial charge >= 0.3 is 5.97 Å². The lowest BCUT2D eigenvalue weighted by Crippen LogP contribution is -2.40. The summed E-state index contributed by atoms with van der Waals surface area (Å²) in [6, 6.07) is 23.4. The van der Waals surface area contributed by atoms with Crippen molar-refractivity contribution in [2.75, 3.05) is 6.61 Å². The van der Waals surface area contributed by atoms with Gasteiger partial charge in [0, 0.05) is 5.56 Å². The average Bonchev–Trinajstić information content (AvgIpc) is 3.21. The lowest BCUT2D eigenvalue weighted by atomic mass is 9.93. The fraction of sp³-hybridized carbons (Fsp3) is 0.107. The van der Waals surface area contributed by atoms with Crippen LogP contribution < -0.4 is 14.9 Å². The first kappa shape index (κ1) is 24.3. The maximum absolute atomic E-state index is 13.8. The summed E-state index contributed by atoms with van der Waals surface area (Å²) in [5.74, 6) is -0.513. The predicted octanol–water partition coefficient (Wildman–Crippen LogP) is 5.24. The molecule has 0 saturated heterocycles. The highest BCUT2D eigenvalue weighted by Gasteiger charge is 2.35. The van der Waals surface area contributed by atoms with Crippen LogP contribution >= 0.6 is 34.5 Å². The fourth-order valence-corrected chi connectivity index (χ4v) is 5.52. The van der Waals surface area contributed by atoms with E-state index in [1.807, 2.05) is 60.7 Å². The molecule has 5 nitrogen and oxygen atoms in total. The van der Waals surface area contributed by atoms with Crippen molar-refractivity contribution < 1.29 is 9.53 Å². The third-order valence-electron chi connectivity index (χ3n) is 5.76. The summed E-state index contributed by atoms with van der Waals surface area (Å²) in [5.41, 5.74) is 2.68. The summed E-state index contributed by atoms with van der Waals surface area (Å²) in [6.45, 7) is 1.95. The summed E-state index contributed by atoms with van der Waals surface area (Å²) in [5, 5.41) is 0.762. The van der Waals surface area contributed by atoms with Crippen LogP contribution in [-0.2, 0) is 9.53 Å². The van der Waals surface area contributed by atoms with E-state index >= 15 is 0 Å². The Morgan fingerprint density at radius 3 is 2.42 bits per heavy atom. The van der Waals surface area contributed by atoms with Gasteiger partial charge in [0.15, 0.2) is 4.80 Å². The van der Waals surface area contributed by atoms with E-state index in [1.165, 1.54) is 11.3 Å². The van der Waals surface area contributed by atoms with E-state index in [-0.39, 0.29) is 12.2 Å². The van der Waals surface area contributed by atoms with E-state index in [2.05, 4.69) is 0 Å². The molecular formula is C28H20Cl2N2O3S. The summed E-state index contributed by atoms with van der Waals surface area (Å²) in [6.07, 6.45) is 1.70. The highest BCUT2D eigenvalue weighted by Crippen LogP contribution is 2.35. The third-order valence-corrected chi connectivity index (χ3v) is 7.57. The van der Waals surface area contributed by atoms with Gasteiger partial charge in [0.2, 0.25) is 0 Å². The minimum atomic E-state index is -0.714. The number of halogens is 2. The molecule has 4 aromatic rings. The Morgan fingerprint density at radius 2 is 1.72 bits per heavy atom. The van der Waals surface area contributed by atoms with E-state index in [0.29, 0.717) is 36.2 Å². The third kappa shape index (κ3) is 4.44. The Hall–Kier alpha value is -3.45. The first-order valence-corrected chi connectivity index (χ1v) is 12.8. The number of thiazole rings is 1. The molecule has 5 rings (SSSR count). The minimum absolute atomic E-state index is 0.198. The van der Waals surface area contributed by atoms with Gasteiger partial charge in [-0.3, -0.25) is 9.36 Å². The number of nitrogens with zero attached hydrogens (tertiary/aromatic N) is 2. The SMILES string of the molecule is CCOC(=O)C1=C(c2ccccc2)N=c2s/c(=C\c3cccc(Cl)c3Cl)c(=O)n2[C@@H]1c1ccccc1. The van der Waals surface area contributed by atoms with Crippen molar-refractivity contribution in [3.8, 4) is 0 Å². The number of benzene rings is 3. The first-order chi connectivity index (χ1) is 17.5. The number of hydrogen-bond acceptors (Lipinski definition) is 5. The van der Waals surface area contributed by atoms with E-state index in [4.69, 9.17) is 32.9 Å². The van der Waals surface area contributed by atoms with Gasteiger partial charge < -0.3 is 4.74 Å². The molecule has 1 atom stereocenters. The molecule has 0 bridgehead atoms. The maximum Gasteiger partial charge on any atom is 0.338 e. The molecule has 0 radical (unpaired) electrons. The normalized spacial score (nSPS) is 15.4. The molecule has 36 heavy (non-hydrogen) atoms. The van der Waals surface area contributed by atoms with Crippen LogP contribution in [0.3, 0.4) is 0 Å². The van der Waals surface area contributed by atoms with Gasteiger partial charge in [-0.25, -0.2) is 9.79 Å². The number of aromatic nitrogens is 1. The van der Waals surface area contributed by atoms with Gasteiger partial charge in [-0.05, 0) is 30.2 Å². The quantitative estimate of drug-likeness (QED) is 0.329. The Bertz CT molecular complexity index is 1660. The van der Waals surface area contributed by atoms with Crippen molar-refractivity contribution in [3.05, 3.63) is 131 Å². The van der Waals surface area contributed by atoms with Crippen LogP contribution in [0.25, 0.3) is 11.8 Å². The molecule has 1 aliphatic rings. The second-order valence-electron chi connectivity index (χ2n) is 7.99. The molecule has 0 spiro atoms. The predicted molar refractivity (Wildman–Crippen MR) is 144 cm³/mol. The van der Waals surface area contributed by atoms with Crippen molar-refractivity contribution in [2.45, 2.75) is 13.0 Å². The lowest BCUT2D eigenvalue weighted by Gasteiger charge is -2.25. The summed E-state index contributed by atoms with van der Waals surface area (Å²) in [4.78, 5) is 32.5. The highest BCUT2D eigenvalue weighted by molar-refractivity contribution is 7.07. The van der Waals surface area contributed by atoms with Crippen LogP contribution in [0.5, 0.6) is 0 Å². The number of carbonyl (C=O) groups is 1. The van der Waals surface area contributed by atoms with Gasteiger partial charge in [0.05, 0.1) is 38.5 Å². The number of rotatable bonds is 5. The van der Waals surface area contributed by atoms with Crippen molar-refractivity contribution in [1.82, 2.24) is 4.57 Å². The molecule has 0 amide bonds. The van der Waals surface area contributed by atoms with E-state index < -0.39 is 12.0 Å². The average molecular weight is 535 g/mol. The van der Waals surface area contributed by atoms with Gasteiger partial charge in [0.25, 0.3) is 5.56 Å². The number of hydrogen-bond donors (Lipinski definition) is 0. The molecule has 8 heteroatoms. The standard InChI is InChI=1S/C28H20Cl2N2O3S/c1-2-35-27(34)22-24(17-10-5-3-6-11-17)31-28-32(25(22)18-12-7-4-8-13-18)26(33)21(36-28)16-19-14-9-15-20(29)23(19)30/h3-16,25H,2H2,1H3/b21-16-/t25-/m1/s1. The number of ether oxygens (including phenoxy) is 1. The summed E-state index contributed by atoms with van der Waals surface area (Å²) in [7, 11) is 0. The first-order valence-electron chi connectivity index (χ1n) is 11.3. The topological polar surface area (TPSA) is 60.7 Å². The molecular weight excluding hydrogens is 515 g/mol. The minimum Gasteiger partial charge on any atom is -0.463 e. The molecule has 0 aliphatic carbocycles. The Balaban J connectivity index is 1.84. The molecule has 2 heterocycles. The van der Waals surface area contributed by atoms with Gasteiger partial charge in [0.1, 0.15) is 0 Å². The van der Waals surface area contributed by atoms with Crippen LogP contribution in [-0.4, -0.2) is 17.1 Å². The molecule has 1 aliphatic heterocycles. The number of carbonyl (C=O) groups excluding carboxylic acids is 1. The Morgan fingerprint density at radius 1 is 1.03 bits per heavy atom. The molecule has 3 aromatic carbocycles. The monoisotopic (exact) mass is 534 g/mol. The fourth-order valence-electron chi connectivity index (χ4n) is 4.16. The zero-order chi connectivity index (χ0) is 25.2. The Kier molecular flexibility index (Phi) is 6.92. The molecule has 180 valence electrons. The Labute approximate surface area is 221 Å². The van der Waals surface area contributed by atoms with Gasteiger partial charge in [-0.2, -0.15) is 0 Å². The lowest BCUT2D eigenvalue weighted by molar-refractivity contribution is -0.138. The number of esters is 1. The smallest absolute Gasteiger partial charge is 0.338 e. The van der Waals surface area contributed by atoms with Crippen molar-refractivity contribution >= 4 is 52.3 Å². The van der Waals surface area contributed by atoms with Crippen LogP contribution in [0.1, 0.15) is 29.7 Å². The summed E-state index contributed by atoms with van der Waals surface area (Å²) >= 11 is 13.8. The van der Waals surface area contributed by atoms with Crippen molar-refractivity contribution in [2.24, 2.45) is 4.99 Å². The summed E-state index contributed by atoms with van der Waals surface area (Å²) < 4.78 is 7.45. The number of fused-ring (bicyclic) bond motifs is 1. The maximum atomic E-state index is 13.8. The molecule has 0 unspecified atom stereocenters. The van der Waals surface area contributed by atoms with E-state index in [9.17, 15) is 9.59 Å². The molecule has 1 aromatic heterocycles. The van der Waals surface area contributed by atoms with Gasteiger partial charge in [-0.15, -0.1) is 0 Å². The van der Waals surface area contributed by atoms with Crippen molar-refractivity contribution in [3.63, 3.8) is 0 Å². The van der Waals surface area contributed by atoms with Crippen LogP contribution in [0, 0.1) is 0 Å². The second kappa shape index (κ2) is 10.3. The van der Waals surface area contributed by atoms with Crippen LogP contribution in [0.2, 0.25) is 10.0 Å². The van der Waals surface area contributed by atoms with E-state index in [0.717, 1.165) is 11.1 Å². The molecule has 0 saturated carbocycles. The largest absolute Gasteiger partial charge is 0.463 e. The molecule has 0 N–H and O–H groups in total.